The number of nitrogens with one attached hydrogen (secondary N) is 1. The quantitative estimate of drug-likeness (QED) is 0.794. The maximum absolute atomic E-state index is 11.4. The Hall–Kier alpha value is -0.570. The van der Waals surface area contributed by atoms with Gasteiger partial charge in [-0.1, -0.05) is 20.3 Å². The molecule has 0 heterocycles. The molecular weight excluding hydrogens is 200 g/mol. The summed E-state index contributed by atoms with van der Waals surface area (Å²) in [7, 11) is 3.63. The third kappa shape index (κ3) is 4.12. The van der Waals surface area contributed by atoms with Crippen molar-refractivity contribution in [3.05, 3.63) is 0 Å². The Morgan fingerprint density at radius 2 is 2.00 bits per heavy atom. The van der Waals surface area contributed by atoms with E-state index in [1.807, 2.05) is 14.1 Å². The molecule has 16 heavy (non-hydrogen) atoms. The van der Waals surface area contributed by atoms with Crippen LogP contribution in [0.5, 0.6) is 0 Å². The van der Waals surface area contributed by atoms with Gasteiger partial charge in [0.2, 0.25) is 5.91 Å². The summed E-state index contributed by atoms with van der Waals surface area (Å²) >= 11 is 0. The van der Waals surface area contributed by atoms with Crippen LogP contribution in [0.25, 0.3) is 0 Å². The van der Waals surface area contributed by atoms with Crippen molar-refractivity contribution in [2.24, 2.45) is 11.8 Å². The predicted octanol–water partition coefficient (Wildman–Crippen LogP) is 1.88. The molecular formula is C13H26N2O. The van der Waals surface area contributed by atoms with Gasteiger partial charge in [0.05, 0.1) is 0 Å². The van der Waals surface area contributed by atoms with Crippen LogP contribution in [0.1, 0.15) is 39.5 Å². The molecule has 1 aliphatic carbocycles. The van der Waals surface area contributed by atoms with Crippen LogP contribution in [0, 0.1) is 11.8 Å². The van der Waals surface area contributed by atoms with Crippen molar-refractivity contribution in [3.8, 4) is 0 Å². The number of carbonyl (C=O) groups is 1. The zero-order chi connectivity index (χ0) is 12.1. The Bertz CT molecular complexity index is 228. The van der Waals surface area contributed by atoms with Gasteiger partial charge in [-0.2, -0.15) is 0 Å². The molecule has 1 fully saturated rings. The smallest absolute Gasteiger partial charge is 0.223 e. The van der Waals surface area contributed by atoms with Crippen molar-refractivity contribution in [2.75, 3.05) is 20.6 Å². The molecule has 1 amide bonds. The lowest BCUT2D eigenvalue weighted by Crippen LogP contribution is -2.41. The number of amides is 1. The second-order valence-electron chi connectivity index (χ2n) is 5.49. The Kier molecular flexibility index (Phi) is 5.26. The largest absolute Gasteiger partial charge is 0.349 e. The highest BCUT2D eigenvalue weighted by atomic mass is 16.2. The highest BCUT2D eigenvalue weighted by Gasteiger charge is 2.24. The molecule has 1 rings (SSSR count). The number of rotatable bonds is 4. The Balaban J connectivity index is 2.23. The summed E-state index contributed by atoms with van der Waals surface area (Å²) in [6.45, 7) is 5.46. The van der Waals surface area contributed by atoms with E-state index in [0.717, 1.165) is 18.4 Å². The van der Waals surface area contributed by atoms with Gasteiger partial charge in [0.25, 0.3) is 0 Å². The summed E-state index contributed by atoms with van der Waals surface area (Å²) in [5.74, 6) is 1.80. The molecule has 3 nitrogen and oxygen atoms in total. The first-order valence-corrected chi connectivity index (χ1v) is 6.44. The lowest BCUT2D eigenvalue weighted by molar-refractivity contribution is -0.128. The van der Waals surface area contributed by atoms with Gasteiger partial charge in [0, 0.05) is 33.1 Å². The number of hydrogen-bond acceptors (Lipinski definition) is 2. The first kappa shape index (κ1) is 13.5. The van der Waals surface area contributed by atoms with Crippen LogP contribution in [0.3, 0.4) is 0 Å². The average Bonchev–Trinajstić information content (AvgIpc) is 2.22. The minimum atomic E-state index is 0.212. The highest BCUT2D eigenvalue weighted by Crippen LogP contribution is 2.28. The minimum absolute atomic E-state index is 0.212. The normalized spacial score (nSPS) is 30.1. The van der Waals surface area contributed by atoms with Crippen LogP contribution >= 0.6 is 0 Å². The fourth-order valence-corrected chi connectivity index (χ4v) is 2.40. The van der Waals surface area contributed by atoms with E-state index < -0.39 is 0 Å². The monoisotopic (exact) mass is 226 g/mol. The van der Waals surface area contributed by atoms with Crippen LogP contribution in [0.15, 0.2) is 0 Å². The lowest BCUT2D eigenvalue weighted by Gasteiger charge is -2.33. The zero-order valence-corrected chi connectivity index (χ0v) is 11.1. The Morgan fingerprint density at radius 3 is 2.62 bits per heavy atom. The van der Waals surface area contributed by atoms with Gasteiger partial charge in [-0.15, -0.1) is 0 Å². The molecule has 0 aromatic heterocycles. The van der Waals surface area contributed by atoms with Gasteiger partial charge in [0.1, 0.15) is 0 Å². The first-order valence-electron chi connectivity index (χ1n) is 6.44. The summed E-state index contributed by atoms with van der Waals surface area (Å²) in [5.41, 5.74) is 0. The Morgan fingerprint density at radius 1 is 1.31 bits per heavy atom. The number of hydrogen-bond donors (Lipinski definition) is 1. The molecule has 0 aromatic carbocycles. The summed E-state index contributed by atoms with van der Waals surface area (Å²) < 4.78 is 0. The number of carbonyl (C=O) groups excluding carboxylic acids is 1. The molecule has 1 aliphatic rings. The maximum Gasteiger partial charge on any atom is 0.223 e. The summed E-state index contributed by atoms with van der Waals surface area (Å²) in [4.78, 5) is 13.1. The summed E-state index contributed by atoms with van der Waals surface area (Å²) in [6.07, 6.45) is 4.55. The van der Waals surface area contributed by atoms with Crippen molar-refractivity contribution in [2.45, 2.75) is 45.6 Å². The molecule has 0 spiro atoms. The van der Waals surface area contributed by atoms with Gasteiger partial charge in [0.15, 0.2) is 0 Å². The van der Waals surface area contributed by atoms with E-state index >= 15 is 0 Å². The summed E-state index contributed by atoms with van der Waals surface area (Å²) in [6, 6.07) is 0.610. The molecule has 1 N–H and O–H groups in total. The average molecular weight is 226 g/mol. The van der Waals surface area contributed by atoms with Crippen LogP contribution in [0.4, 0.5) is 0 Å². The predicted molar refractivity (Wildman–Crippen MR) is 67.3 cm³/mol. The molecule has 3 heteroatoms. The van der Waals surface area contributed by atoms with E-state index in [2.05, 4.69) is 19.2 Å². The van der Waals surface area contributed by atoms with E-state index in [1.165, 1.54) is 19.3 Å². The molecule has 0 saturated heterocycles. The SMILES string of the molecule is CC1CCC(C)C(NCCC(=O)N(C)C)C1. The van der Waals surface area contributed by atoms with E-state index in [4.69, 9.17) is 0 Å². The van der Waals surface area contributed by atoms with Crippen molar-refractivity contribution in [3.63, 3.8) is 0 Å². The topological polar surface area (TPSA) is 32.3 Å². The molecule has 3 atom stereocenters. The third-order valence-electron chi connectivity index (χ3n) is 3.70. The molecule has 3 unspecified atom stereocenters. The molecule has 0 bridgehead atoms. The van der Waals surface area contributed by atoms with Crippen molar-refractivity contribution in [1.29, 1.82) is 0 Å². The van der Waals surface area contributed by atoms with Gasteiger partial charge in [-0.05, 0) is 24.7 Å². The molecule has 0 aromatic rings. The van der Waals surface area contributed by atoms with Crippen LogP contribution in [0.2, 0.25) is 0 Å². The van der Waals surface area contributed by atoms with Crippen LogP contribution < -0.4 is 5.32 Å². The molecule has 1 saturated carbocycles. The van der Waals surface area contributed by atoms with Crippen molar-refractivity contribution in [1.82, 2.24) is 10.2 Å². The van der Waals surface area contributed by atoms with Gasteiger partial charge >= 0.3 is 0 Å². The van der Waals surface area contributed by atoms with Crippen LogP contribution in [-0.4, -0.2) is 37.5 Å². The lowest BCUT2D eigenvalue weighted by atomic mass is 9.80. The van der Waals surface area contributed by atoms with Gasteiger partial charge < -0.3 is 10.2 Å². The van der Waals surface area contributed by atoms with Gasteiger partial charge in [-0.3, -0.25) is 4.79 Å². The first-order chi connectivity index (χ1) is 7.50. The van der Waals surface area contributed by atoms with E-state index in [-0.39, 0.29) is 5.91 Å². The number of nitrogens with zero attached hydrogens (tertiary/aromatic N) is 1. The fourth-order valence-electron chi connectivity index (χ4n) is 2.40. The fraction of sp³-hybridized carbons (Fsp3) is 0.923. The minimum Gasteiger partial charge on any atom is -0.349 e. The summed E-state index contributed by atoms with van der Waals surface area (Å²) in [5, 5.41) is 3.54. The second kappa shape index (κ2) is 6.24. The van der Waals surface area contributed by atoms with Gasteiger partial charge in [-0.25, -0.2) is 0 Å². The zero-order valence-electron chi connectivity index (χ0n) is 11.1. The van der Waals surface area contributed by atoms with Crippen molar-refractivity contribution < 1.29 is 4.79 Å². The van der Waals surface area contributed by atoms with E-state index in [0.29, 0.717) is 12.5 Å². The van der Waals surface area contributed by atoms with Crippen molar-refractivity contribution >= 4 is 5.91 Å². The highest BCUT2D eigenvalue weighted by molar-refractivity contribution is 5.75. The van der Waals surface area contributed by atoms with Crippen LogP contribution in [-0.2, 0) is 4.79 Å². The third-order valence-corrected chi connectivity index (χ3v) is 3.70. The molecule has 0 aliphatic heterocycles. The Labute approximate surface area is 99.6 Å². The van der Waals surface area contributed by atoms with E-state index in [1.54, 1.807) is 4.90 Å². The standard InChI is InChI=1S/C13H26N2O/c1-10-5-6-11(2)12(9-10)14-8-7-13(16)15(3)4/h10-12,14H,5-9H2,1-4H3. The second-order valence-corrected chi connectivity index (χ2v) is 5.49. The maximum atomic E-state index is 11.4. The van der Waals surface area contributed by atoms with E-state index in [9.17, 15) is 4.79 Å². The molecule has 0 radical (unpaired) electrons. The molecule has 94 valence electrons.